The van der Waals surface area contributed by atoms with E-state index in [1.807, 2.05) is 12.1 Å². The fourth-order valence-corrected chi connectivity index (χ4v) is 4.16. The van der Waals surface area contributed by atoms with Gasteiger partial charge in [-0.3, -0.25) is 20.3 Å². The highest BCUT2D eigenvalue weighted by atomic mass is 16.7. The Morgan fingerprint density at radius 1 is 1.38 bits per heavy atom. The molecule has 0 saturated carbocycles. The molecule has 1 aromatic carbocycles. The molecule has 3 unspecified atom stereocenters. The van der Waals surface area contributed by atoms with Crippen LogP contribution < -0.4 is 21.3 Å². The van der Waals surface area contributed by atoms with Crippen LogP contribution in [0, 0.1) is 0 Å². The van der Waals surface area contributed by atoms with Crippen LogP contribution in [0.25, 0.3) is 0 Å². The van der Waals surface area contributed by atoms with E-state index in [0.29, 0.717) is 6.67 Å². The molecule has 7 nitrogen and oxygen atoms in total. The molecule has 2 fully saturated rings. The van der Waals surface area contributed by atoms with E-state index in [4.69, 9.17) is 4.84 Å². The van der Waals surface area contributed by atoms with Gasteiger partial charge < -0.3 is 10.6 Å². The van der Waals surface area contributed by atoms with Crippen molar-refractivity contribution in [3.8, 4) is 0 Å². The van der Waals surface area contributed by atoms with Gasteiger partial charge in [0.05, 0.1) is 12.1 Å². The summed E-state index contributed by atoms with van der Waals surface area (Å²) in [5.41, 5.74) is 3.81. The van der Waals surface area contributed by atoms with Crippen LogP contribution in [0.5, 0.6) is 0 Å². The molecular formula is C19H29N5O2. The molecule has 0 spiro atoms. The molecule has 142 valence electrons. The first-order valence-corrected chi connectivity index (χ1v) is 9.68. The highest BCUT2D eigenvalue weighted by molar-refractivity contribution is 5.82. The van der Waals surface area contributed by atoms with Crippen molar-refractivity contribution in [3.63, 3.8) is 0 Å². The number of benzene rings is 1. The van der Waals surface area contributed by atoms with E-state index >= 15 is 0 Å². The van der Waals surface area contributed by atoms with Crippen molar-refractivity contribution in [1.82, 2.24) is 26.3 Å². The third-order valence-corrected chi connectivity index (χ3v) is 5.65. The van der Waals surface area contributed by atoms with E-state index in [1.165, 1.54) is 16.7 Å². The van der Waals surface area contributed by atoms with Gasteiger partial charge in [0, 0.05) is 13.7 Å². The largest absolute Gasteiger partial charge is 0.348 e. The van der Waals surface area contributed by atoms with E-state index in [-0.39, 0.29) is 30.4 Å². The highest BCUT2D eigenvalue weighted by Gasteiger charge is 2.32. The Morgan fingerprint density at radius 3 is 3.00 bits per heavy atom. The Kier molecular flexibility index (Phi) is 5.24. The number of hydrogen-bond acceptors (Lipinski definition) is 6. The van der Waals surface area contributed by atoms with Gasteiger partial charge in [-0.15, -0.1) is 0 Å². The lowest BCUT2D eigenvalue weighted by molar-refractivity contribution is -0.144. The summed E-state index contributed by atoms with van der Waals surface area (Å²) in [5, 5.41) is 15.1. The molecule has 2 aliphatic heterocycles. The molecule has 3 aliphatic rings. The maximum Gasteiger partial charge on any atom is 0.237 e. The number of nitrogens with zero attached hydrogens (tertiary/aromatic N) is 1. The van der Waals surface area contributed by atoms with Gasteiger partial charge in [0.1, 0.15) is 12.4 Å². The minimum Gasteiger partial charge on any atom is -0.348 e. The van der Waals surface area contributed by atoms with Crippen LogP contribution in [-0.2, 0) is 16.1 Å². The second-order valence-corrected chi connectivity index (χ2v) is 7.40. The average Bonchev–Trinajstić information content (AvgIpc) is 3.25. The predicted octanol–water partition coefficient (Wildman–Crippen LogP) is 0.900. The van der Waals surface area contributed by atoms with Gasteiger partial charge in [0.15, 0.2) is 0 Å². The number of carbonyl (C=O) groups is 1. The Labute approximate surface area is 154 Å². The zero-order valence-corrected chi connectivity index (χ0v) is 15.5. The van der Waals surface area contributed by atoms with E-state index in [2.05, 4.69) is 46.4 Å². The van der Waals surface area contributed by atoms with Gasteiger partial charge in [0.2, 0.25) is 5.91 Å². The lowest BCUT2D eigenvalue weighted by Gasteiger charge is -2.25. The summed E-state index contributed by atoms with van der Waals surface area (Å²) in [6.07, 6.45) is 3.90. The summed E-state index contributed by atoms with van der Waals surface area (Å²) >= 11 is 0. The zero-order valence-electron chi connectivity index (χ0n) is 15.5. The summed E-state index contributed by atoms with van der Waals surface area (Å²) in [7, 11) is 1.97. The first kappa shape index (κ1) is 17.9. The van der Waals surface area contributed by atoms with Crippen molar-refractivity contribution in [2.24, 2.45) is 0 Å². The topological polar surface area (TPSA) is 77.7 Å². The number of aryl methyl sites for hydroxylation is 1. The van der Waals surface area contributed by atoms with Crippen molar-refractivity contribution in [3.05, 3.63) is 34.9 Å². The second-order valence-electron chi connectivity index (χ2n) is 7.40. The van der Waals surface area contributed by atoms with Gasteiger partial charge in [-0.25, -0.2) is 0 Å². The van der Waals surface area contributed by atoms with Crippen LogP contribution in [0.4, 0.5) is 0 Å². The minimum atomic E-state index is -0.0842. The zero-order chi connectivity index (χ0) is 18.1. The first-order chi connectivity index (χ1) is 12.7. The Bertz CT molecular complexity index is 661. The van der Waals surface area contributed by atoms with E-state index in [1.54, 1.807) is 0 Å². The molecule has 0 aromatic heterocycles. The molecule has 2 saturated heterocycles. The van der Waals surface area contributed by atoms with Crippen molar-refractivity contribution in [2.75, 3.05) is 20.3 Å². The molecule has 26 heavy (non-hydrogen) atoms. The summed E-state index contributed by atoms with van der Waals surface area (Å²) in [6, 6.07) is 6.63. The molecule has 1 amide bonds. The molecule has 2 heterocycles. The number of nitrogens with one attached hydrogen (secondary N) is 4. The standard InChI is InChI=1S/C19H29N5O2/c1-3-17-23-18(24(2)26-17)13-4-6-14-12(10-13)5-7-15(14)22-19(25)16-8-9-20-11-21-16/h4,6,10,15-18,20-21,23H,3,5,7-9,11H2,1-2H3,(H,22,25)/t15-,16?,17?,18?/m1/s1. The molecule has 4 rings (SSSR count). The number of rotatable bonds is 4. The molecule has 1 aromatic rings. The first-order valence-electron chi connectivity index (χ1n) is 9.68. The smallest absolute Gasteiger partial charge is 0.237 e. The number of hydroxylamine groups is 2. The Balaban J connectivity index is 1.44. The summed E-state index contributed by atoms with van der Waals surface area (Å²) in [5.74, 6) is 0.116. The molecule has 1 aliphatic carbocycles. The van der Waals surface area contributed by atoms with Crippen LogP contribution in [0.15, 0.2) is 18.2 Å². The third kappa shape index (κ3) is 3.50. The van der Waals surface area contributed by atoms with E-state index < -0.39 is 0 Å². The fourth-order valence-electron chi connectivity index (χ4n) is 4.16. The Morgan fingerprint density at radius 2 is 2.27 bits per heavy atom. The van der Waals surface area contributed by atoms with Crippen molar-refractivity contribution in [1.29, 1.82) is 0 Å². The lowest BCUT2D eigenvalue weighted by atomic mass is 10.0. The average molecular weight is 359 g/mol. The van der Waals surface area contributed by atoms with Crippen molar-refractivity contribution < 1.29 is 9.63 Å². The molecule has 4 atom stereocenters. The molecule has 0 bridgehead atoms. The number of fused-ring (bicyclic) bond motifs is 1. The van der Waals surface area contributed by atoms with Gasteiger partial charge in [-0.1, -0.05) is 25.1 Å². The predicted molar refractivity (Wildman–Crippen MR) is 98.9 cm³/mol. The van der Waals surface area contributed by atoms with Gasteiger partial charge in [-0.2, -0.15) is 5.06 Å². The molecule has 0 radical (unpaired) electrons. The number of amides is 1. The van der Waals surface area contributed by atoms with Crippen LogP contribution in [0.2, 0.25) is 0 Å². The third-order valence-electron chi connectivity index (χ3n) is 5.65. The maximum atomic E-state index is 12.5. The Hall–Kier alpha value is -1.51. The second kappa shape index (κ2) is 7.62. The van der Waals surface area contributed by atoms with E-state index in [0.717, 1.165) is 32.2 Å². The molecule has 7 heteroatoms. The quantitative estimate of drug-likeness (QED) is 0.640. The lowest BCUT2D eigenvalue weighted by Crippen LogP contribution is -2.52. The van der Waals surface area contributed by atoms with E-state index in [9.17, 15) is 4.79 Å². The van der Waals surface area contributed by atoms with Crippen molar-refractivity contribution in [2.45, 2.75) is 57.1 Å². The molecular weight excluding hydrogens is 330 g/mol. The van der Waals surface area contributed by atoms with Crippen LogP contribution in [0.1, 0.15) is 55.1 Å². The summed E-state index contributed by atoms with van der Waals surface area (Å²) in [4.78, 5) is 18.3. The van der Waals surface area contributed by atoms with Gasteiger partial charge in [-0.05, 0) is 48.9 Å². The van der Waals surface area contributed by atoms with Crippen LogP contribution in [-0.4, -0.2) is 43.5 Å². The van der Waals surface area contributed by atoms with Gasteiger partial charge in [0.25, 0.3) is 0 Å². The summed E-state index contributed by atoms with van der Waals surface area (Å²) in [6.45, 7) is 3.70. The molecule has 4 N–H and O–H groups in total. The highest BCUT2D eigenvalue weighted by Crippen LogP contribution is 2.34. The SMILES string of the molecule is CCC1NC(c2ccc3c(c2)CC[C@H]3NC(=O)C2CCNCN2)N(C)O1. The fraction of sp³-hybridized carbons (Fsp3) is 0.632. The normalized spacial score (nSPS) is 31.8. The van der Waals surface area contributed by atoms with Crippen LogP contribution >= 0.6 is 0 Å². The summed E-state index contributed by atoms with van der Waals surface area (Å²) < 4.78 is 0. The minimum absolute atomic E-state index is 0.0720. The van der Waals surface area contributed by atoms with Gasteiger partial charge >= 0.3 is 0 Å². The van der Waals surface area contributed by atoms with Crippen molar-refractivity contribution >= 4 is 5.91 Å². The monoisotopic (exact) mass is 359 g/mol. The van der Waals surface area contributed by atoms with Crippen LogP contribution in [0.3, 0.4) is 0 Å². The number of carbonyl (C=O) groups excluding carboxylic acids is 1. The number of hydrogen-bond donors (Lipinski definition) is 4. The maximum absolute atomic E-state index is 12.5.